The summed E-state index contributed by atoms with van der Waals surface area (Å²) in [4.78, 5) is 38.4. The van der Waals surface area contributed by atoms with E-state index in [9.17, 15) is 14.4 Å². The molecule has 33 heavy (non-hydrogen) atoms. The lowest BCUT2D eigenvalue weighted by molar-refractivity contribution is -0.114. The number of thiophene rings is 1. The van der Waals surface area contributed by atoms with E-state index in [4.69, 9.17) is 9.47 Å². The van der Waals surface area contributed by atoms with Gasteiger partial charge in [0.2, 0.25) is 11.8 Å². The maximum absolute atomic E-state index is 12.6. The lowest BCUT2D eigenvalue weighted by Crippen LogP contribution is -2.19. The van der Waals surface area contributed by atoms with Crippen LogP contribution in [0.25, 0.3) is 0 Å². The Labute approximate surface area is 202 Å². The van der Waals surface area contributed by atoms with Crippen molar-refractivity contribution in [3.8, 4) is 5.75 Å². The summed E-state index contributed by atoms with van der Waals surface area (Å²) >= 11 is 2.68. The zero-order valence-electron chi connectivity index (χ0n) is 19.2. The van der Waals surface area contributed by atoms with Crippen LogP contribution < -0.4 is 15.4 Å². The molecule has 178 valence electrons. The molecule has 2 amide bonds. The molecule has 2 N–H and O–H groups in total. The van der Waals surface area contributed by atoms with Crippen LogP contribution in [0.15, 0.2) is 24.3 Å². The van der Waals surface area contributed by atoms with Crippen LogP contribution in [-0.4, -0.2) is 42.5 Å². The first-order chi connectivity index (χ1) is 15.9. The first-order valence-corrected chi connectivity index (χ1v) is 13.1. The second kappa shape index (κ2) is 12.1. The number of ether oxygens (including phenoxy) is 2. The number of anilines is 2. The third-order valence-corrected chi connectivity index (χ3v) is 7.26. The Morgan fingerprint density at radius 3 is 2.42 bits per heavy atom. The predicted octanol–water partition coefficient (Wildman–Crippen LogP) is 4.76. The van der Waals surface area contributed by atoms with Crippen LogP contribution in [0.4, 0.5) is 10.7 Å². The molecule has 1 aliphatic rings. The molecule has 1 unspecified atom stereocenters. The van der Waals surface area contributed by atoms with Gasteiger partial charge in [0.1, 0.15) is 10.8 Å². The minimum absolute atomic E-state index is 0.109. The Kier molecular flexibility index (Phi) is 9.20. The summed E-state index contributed by atoms with van der Waals surface area (Å²) in [6, 6.07) is 7.14. The highest BCUT2D eigenvalue weighted by Gasteiger charge is 2.29. The van der Waals surface area contributed by atoms with E-state index in [1.165, 1.54) is 23.1 Å². The van der Waals surface area contributed by atoms with E-state index >= 15 is 0 Å². The van der Waals surface area contributed by atoms with Gasteiger partial charge in [0.05, 0.1) is 30.3 Å². The van der Waals surface area contributed by atoms with Crippen LogP contribution in [0.5, 0.6) is 5.75 Å². The van der Waals surface area contributed by atoms with Crippen LogP contribution in [-0.2, 0) is 27.2 Å². The van der Waals surface area contributed by atoms with Crippen LogP contribution >= 0.6 is 23.1 Å². The summed E-state index contributed by atoms with van der Waals surface area (Å²) in [5.74, 6) is 0.729. The third kappa shape index (κ3) is 6.98. The minimum Gasteiger partial charge on any atom is -0.494 e. The maximum Gasteiger partial charge on any atom is 0.341 e. The number of hydrogen-bond acceptors (Lipinski definition) is 7. The van der Waals surface area contributed by atoms with Crippen molar-refractivity contribution >= 4 is 51.6 Å². The van der Waals surface area contributed by atoms with Crippen molar-refractivity contribution in [2.75, 3.05) is 35.4 Å². The molecule has 0 fully saturated rings. The van der Waals surface area contributed by atoms with Gasteiger partial charge in [-0.25, -0.2) is 4.79 Å². The summed E-state index contributed by atoms with van der Waals surface area (Å²) in [5, 5.41) is 6.23. The van der Waals surface area contributed by atoms with Gasteiger partial charge in [0.15, 0.2) is 0 Å². The molecule has 1 aromatic carbocycles. The molecule has 0 bridgehead atoms. The summed E-state index contributed by atoms with van der Waals surface area (Å²) < 4.78 is 10.6. The van der Waals surface area contributed by atoms with Gasteiger partial charge in [0, 0.05) is 10.6 Å². The lowest BCUT2D eigenvalue weighted by Gasteiger charge is -2.18. The van der Waals surface area contributed by atoms with Gasteiger partial charge in [-0.1, -0.05) is 6.92 Å². The van der Waals surface area contributed by atoms with Crippen molar-refractivity contribution < 1.29 is 23.9 Å². The number of hydrogen-bond donors (Lipinski definition) is 2. The van der Waals surface area contributed by atoms with Gasteiger partial charge in [-0.15, -0.1) is 23.1 Å². The molecule has 1 heterocycles. The molecular formula is C24H30N2O5S2. The molecule has 1 atom stereocenters. The molecule has 3 rings (SSSR count). The first-order valence-electron chi connectivity index (χ1n) is 11.1. The Morgan fingerprint density at radius 2 is 1.76 bits per heavy atom. The third-order valence-electron chi connectivity index (χ3n) is 5.16. The fraction of sp³-hybridized carbons (Fsp3) is 0.458. The smallest absolute Gasteiger partial charge is 0.341 e. The topological polar surface area (TPSA) is 93.7 Å². The van der Waals surface area contributed by atoms with Crippen molar-refractivity contribution in [3.63, 3.8) is 0 Å². The summed E-state index contributed by atoms with van der Waals surface area (Å²) in [6.45, 7) is 6.74. The normalized spacial score (nSPS) is 14.8. The fourth-order valence-electron chi connectivity index (χ4n) is 3.66. The predicted molar refractivity (Wildman–Crippen MR) is 134 cm³/mol. The number of esters is 1. The van der Waals surface area contributed by atoms with Gasteiger partial charge in [-0.05, 0) is 68.9 Å². The molecule has 0 saturated heterocycles. The van der Waals surface area contributed by atoms with E-state index in [1.807, 2.05) is 6.92 Å². The Morgan fingerprint density at radius 1 is 1.06 bits per heavy atom. The zero-order valence-corrected chi connectivity index (χ0v) is 20.8. The minimum atomic E-state index is -0.387. The zero-order chi connectivity index (χ0) is 23.8. The van der Waals surface area contributed by atoms with Gasteiger partial charge in [-0.3, -0.25) is 9.59 Å². The van der Waals surface area contributed by atoms with E-state index in [1.54, 1.807) is 31.2 Å². The number of nitrogens with one attached hydrogen (secondary N) is 2. The quantitative estimate of drug-likeness (QED) is 0.467. The average molecular weight is 491 g/mol. The first kappa shape index (κ1) is 25.1. The number of amides is 2. The van der Waals surface area contributed by atoms with Crippen LogP contribution in [0.2, 0.25) is 0 Å². The van der Waals surface area contributed by atoms with Crippen LogP contribution in [0, 0.1) is 5.92 Å². The number of rotatable bonds is 10. The molecule has 7 nitrogen and oxygen atoms in total. The second-order valence-electron chi connectivity index (χ2n) is 7.82. The van der Waals surface area contributed by atoms with Gasteiger partial charge < -0.3 is 20.1 Å². The summed E-state index contributed by atoms with van der Waals surface area (Å²) in [6.07, 6.45) is 2.74. The number of carbonyl (C=O) groups is 3. The monoisotopic (exact) mass is 490 g/mol. The number of thioether (sulfide) groups is 1. The molecule has 0 spiro atoms. The molecule has 0 aliphatic heterocycles. The van der Waals surface area contributed by atoms with Gasteiger partial charge in [-0.2, -0.15) is 0 Å². The largest absolute Gasteiger partial charge is 0.494 e. The second-order valence-corrected chi connectivity index (χ2v) is 9.91. The molecule has 2 aromatic rings. The van der Waals surface area contributed by atoms with Crippen molar-refractivity contribution in [2.45, 2.75) is 40.0 Å². The van der Waals surface area contributed by atoms with Crippen LogP contribution in [0.3, 0.4) is 0 Å². The SMILES string of the molecule is CCOC(=O)c1c(NC(=O)CSCC(=O)Nc2ccc(OCC)cc2)sc2c1CCC(C)C2. The van der Waals surface area contributed by atoms with E-state index in [0.717, 1.165) is 35.5 Å². The standard InChI is InChI=1S/C24H30N2O5S2/c1-4-30-17-9-7-16(8-10-17)25-20(27)13-32-14-21(28)26-23-22(24(29)31-5-2)18-11-6-15(3)12-19(18)33-23/h7-10,15H,4-6,11-14H2,1-3H3,(H,25,27)(H,26,28). The number of benzene rings is 1. The van der Waals surface area contributed by atoms with E-state index in [-0.39, 0.29) is 35.9 Å². The van der Waals surface area contributed by atoms with E-state index in [2.05, 4.69) is 17.6 Å². The van der Waals surface area contributed by atoms with E-state index in [0.29, 0.717) is 28.8 Å². The highest BCUT2D eigenvalue weighted by atomic mass is 32.2. The molecule has 1 aliphatic carbocycles. The molecular weight excluding hydrogens is 460 g/mol. The van der Waals surface area contributed by atoms with Crippen molar-refractivity contribution in [3.05, 3.63) is 40.3 Å². The highest BCUT2D eigenvalue weighted by Crippen LogP contribution is 2.40. The number of fused-ring (bicyclic) bond motifs is 1. The Hall–Kier alpha value is -2.52. The van der Waals surface area contributed by atoms with E-state index < -0.39 is 0 Å². The Balaban J connectivity index is 1.53. The van der Waals surface area contributed by atoms with Crippen molar-refractivity contribution in [2.24, 2.45) is 5.92 Å². The van der Waals surface area contributed by atoms with Gasteiger partial charge >= 0.3 is 5.97 Å². The molecule has 1 aromatic heterocycles. The molecule has 0 saturated carbocycles. The van der Waals surface area contributed by atoms with Gasteiger partial charge in [0.25, 0.3) is 0 Å². The Bertz CT molecular complexity index is 987. The van der Waals surface area contributed by atoms with Crippen LogP contribution in [0.1, 0.15) is 48.0 Å². The maximum atomic E-state index is 12.6. The molecule has 0 radical (unpaired) electrons. The average Bonchev–Trinajstić information content (AvgIpc) is 3.12. The summed E-state index contributed by atoms with van der Waals surface area (Å²) in [5.41, 5.74) is 2.18. The highest BCUT2D eigenvalue weighted by molar-refractivity contribution is 8.00. The van der Waals surface area contributed by atoms with Crippen molar-refractivity contribution in [1.82, 2.24) is 0 Å². The van der Waals surface area contributed by atoms with Crippen molar-refractivity contribution in [1.29, 1.82) is 0 Å². The lowest BCUT2D eigenvalue weighted by atomic mass is 9.88. The number of carbonyl (C=O) groups excluding carboxylic acids is 3. The summed E-state index contributed by atoms with van der Waals surface area (Å²) in [7, 11) is 0. The molecule has 9 heteroatoms. The fourth-order valence-corrected chi connectivity index (χ4v) is 5.69.